The molecule has 0 aliphatic heterocycles. The van der Waals surface area contributed by atoms with E-state index in [0.717, 1.165) is 12.0 Å². The largest absolute Gasteiger partial charge is 0.193 e. The fourth-order valence-corrected chi connectivity index (χ4v) is 1.24. The van der Waals surface area contributed by atoms with E-state index in [1.807, 2.05) is 26.0 Å². The molecular weight excluding hydrogens is 146 g/mol. The summed E-state index contributed by atoms with van der Waals surface area (Å²) in [5.41, 5.74) is 0.808. The maximum atomic E-state index is 8.15. The molecule has 1 heteroatoms. The molecule has 0 aromatic carbocycles. The highest BCUT2D eigenvalue weighted by molar-refractivity contribution is 5.16. The first kappa shape index (κ1) is 11.2. The molecule has 0 spiro atoms. The summed E-state index contributed by atoms with van der Waals surface area (Å²) in [5, 5.41) is 8.15. The van der Waals surface area contributed by atoms with E-state index in [1.54, 1.807) is 0 Å². The van der Waals surface area contributed by atoms with E-state index in [0.29, 0.717) is 0 Å². The first-order valence-electron chi connectivity index (χ1n) is 4.88. The van der Waals surface area contributed by atoms with Gasteiger partial charge in [-0.25, -0.2) is 0 Å². The molecule has 0 saturated heterocycles. The molecule has 1 rings (SSSR count). The van der Waals surface area contributed by atoms with Crippen LogP contribution >= 0.6 is 0 Å². The second kappa shape index (κ2) is 8.33. The van der Waals surface area contributed by atoms with Gasteiger partial charge in [0.2, 0.25) is 0 Å². The van der Waals surface area contributed by atoms with Crippen LogP contribution in [0, 0.1) is 11.3 Å². The Morgan fingerprint density at radius 2 is 1.67 bits per heavy atom. The second-order valence-corrected chi connectivity index (χ2v) is 3.17. The number of hydrogen-bond donors (Lipinski definition) is 0. The topological polar surface area (TPSA) is 23.8 Å². The third-order valence-corrected chi connectivity index (χ3v) is 1.94. The quantitative estimate of drug-likeness (QED) is 0.542. The summed E-state index contributed by atoms with van der Waals surface area (Å²) in [6.07, 6.45) is 10.4. The van der Waals surface area contributed by atoms with E-state index < -0.39 is 0 Å². The average Bonchev–Trinajstić information content (AvgIpc) is 2.62. The normalized spacial score (nSPS) is 16.2. The minimum atomic E-state index is 0.808. The fraction of sp³-hybridized carbons (Fsp3) is 0.727. The first-order chi connectivity index (χ1) is 5.81. The molecular formula is C11H19N. The Balaban J connectivity index is 0.000000211. The van der Waals surface area contributed by atoms with Crippen molar-refractivity contribution in [3.63, 3.8) is 0 Å². The number of rotatable bonds is 1. The lowest BCUT2D eigenvalue weighted by atomic mass is 10.3. The summed E-state index contributed by atoms with van der Waals surface area (Å²) in [6, 6.07) is 2.03. The third-order valence-electron chi connectivity index (χ3n) is 1.94. The second-order valence-electron chi connectivity index (χ2n) is 3.17. The summed E-state index contributed by atoms with van der Waals surface area (Å²) in [7, 11) is 0. The summed E-state index contributed by atoms with van der Waals surface area (Å²) < 4.78 is 0. The maximum absolute atomic E-state index is 8.15. The van der Waals surface area contributed by atoms with Gasteiger partial charge in [0.1, 0.15) is 0 Å². The fourth-order valence-electron chi connectivity index (χ4n) is 1.24. The van der Waals surface area contributed by atoms with Gasteiger partial charge in [-0.05, 0) is 13.3 Å². The molecule has 0 radical (unpaired) electrons. The van der Waals surface area contributed by atoms with Crippen LogP contribution in [0.15, 0.2) is 11.6 Å². The number of nitrogens with zero attached hydrogens (tertiary/aromatic N) is 1. The Morgan fingerprint density at radius 1 is 1.25 bits per heavy atom. The Bertz CT molecular complexity index is 151. The molecule has 0 aromatic rings. The lowest BCUT2D eigenvalue weighted by molar-refractivity contribution is 0.886. The van der Waals surface area contributed by atoms with Gasteiger partial charge in [0.15, 0.2) is 0 Å². The van der Waals surface area contributed by atoms with E-state index in [9.17, 15) is 0 Å². The maximum Gasteiger partial charge on any atom is 0.0940 e. The lowest BCUT2D eigenvalue weighted by Gasteiger charge is -1.77. The molecule has 1 nitrogen and oxygen atoms in total. The number of nitriles is 1. The van der Waals surface area contributed by atoms with Crippen LogP contribution in [0.2, 0.25) is 0 Å². The molecule has 0 aromatic heterocycles. The van der Waals surface area contributed by atoms with Gasteiger partial charge in [-0.2, -0.15) is 5.26 Å². The molecule has 1 aliphatic rings. The molecule has 1 aliphatic carbocycles. The Kier molecular flexibility index (Phi) is 7.79. The van der Waals surface area contributed by atoms with Crippen LogP contribution in [0.5, 0.6) is 0 Å². The molecule has 0 amide bonds. The van der Waals surface area contributed by atoms with E-state index in [1.165, 1.54) is 32.1 Å². The Morgan fingerprint density at radius 3 is 1.83 bits per heavy atom. The highest BCUT2D eigenvalue weighted by Crippen LogP contribution is 2.15. The van der Waals surface area contributed by atoms with Gasteiger partial charge < -0.3 is 0 Å². The molecule has 0 heterocycles. The molecule has 0 atom stereocenters. The van der Waals surface area contributed by atoms with E-state index in [2.05, 4.69) is 0 Å². The average molecular weight is 165 g/mol. The summed E-state index contributed by atoms with van der Waals surface area (Å²) in [6.45, 7) is 3.82. The molecule has 0 bridgehead atoms. The third kappa shape index (κ3) is 7.34. The molecule has 1 fully saturated rings. The van der Waals surface area contributed by atoms with E-state index in [4.69, 9.17) is 5.26 Å². The van der Waals surface area contributed by atoms with Crippen LogP contribution in [0.25, 0.3) is 0 Å². The van der Waals surface area contributed by atoms with Crippen molar-refractivity contribution in [1.82, 2.24) is 0 Å². The van der Waals surface area contributed by atoms with Gasteiger partial charge in [0.05, 0.1) is 6.07 Å². The number of allylic oxidation sites excluding steroid dienone is 2. The van der Waals surface area contributed by atoms with Crippen LogP contribution in [-0.2, 0) is 0 Å². The molecule has 12 heavy (non-hydrogen) atoms. The van der Waals surface area contributed by atoms with Crippen molar-refractivity contribution >= 4 is 0 Å². The minimum Gasteiger partial charge on any atom is -0.193 e. The van der Waals surface area contributed by atoms with E-state index in [-0.39, 0.29) is 0 Å². The molecule has 0 unspecified atom stereocenters. The zero-order valence-electron chi connectivity index (χ0n) is 8.27. The highest BCUT2D eigenvalue weighted by atomic mass is 14.2. The van der Waals surface area contributed by atoms with Gasteiger partial charge >= 0.3 is 0 Å². The molecule has 0 N–H and O–H groups in total. The van der Waals surface area contributed by atoms with Gasteiger partial charge in [-0.1, -0.05) is 45.1 Å². The zero-order valence-corrected chi connectivity index (χ0v) is 8.27. The van der Waals surface area contributed by atoms with Crippen molar-refractivity contribution in [2.75, 3.05) is 0 Å². The van der Waals surface area contributed by atoms with Crippen molar-refractivity contribution in [2.24, 2.45) is 0 Å². The van der Waals surface area contributed by atoms with Gasteiger partial charge in [0, 0.05) is 5.57 Å². The number of hydrogen-bond acceptors (Lipinski definition) is 1. The van der Waals surface area contributed by atoms with Crippen molar-refractivity contribution in [3.8, 4) is 6.07 Å². The smallest absolute Gasteiger partial charge is 0.0940 e. The van der Waals surface area contributed by atoms with Crippen molar-refractivity contribution in [1.29, 1.82) is 5.26 Å². The Labute approximate surface area is 76.1 Å². The van der Waals surface area contributed by atoms with E-state index >= 15 is 0 Å². The SMILES string of the molecule is C1CCCC1.CCC=C(C)C#N. The van der Waals surface area contributed by atoms with Gasteiger partial charge in [0.25, 0.3) is 0 Å². The van der Waals surface area contributed by atoms with Crippen molar-refractivity contribution in [2.45, 2.75) is 52.4 Å². The van der Waals surface area contributed by atoms with Crippen LogP contribution in [0.4, 0.5) is 0 Å². The predicted molar refractivity (Wildman–Crippen MR) is 52.7 cm³/mol. The van der Waals surface area contributed by atoms with Gasteiger partial charge in [-0.15, -0.1) is 0 Å². The van der Waals surface area contributed by atoms with Crippen molar-refractivity contribution < 1.29 is 0 Å². The first-order valence-corrected chi connectivity index (χ1v) is 4.88. The summed E-state index contributed by atoms with van der Waals surface area (Å²) in [5.74, 6) is 0. The highest BCUT2D eigenvalue weighted by Gasteiger charge is 1.95. The van der Waals surface area contributed by atoms with Gasteiger partial charge in [-0.3, -0.25) is 0 Å². The van der Waals surface area contributed by atoms with Crippen LogP contribution in [-0.4, -0.2) is 0 Å². The standard InChI is InChI=1S/C6H9N.C5H10/c1-3-4-6(2)5-7;1-2-4-5-3-1/h4H,3H2,1-2H3;1-5H2. The predicted octanol–water partition coefficient (Wildman–Crippen LogP) is 3.82. The molecule has 1 saturated carbocycles. The minimum absolute atomic E-state index is 0.808. The monoisotopic (exact) mass is 165 g/mol. The summed E-state index contributed by atoms with van der Waals surface area (Å²) >= 11 is 0. The Hall–Kier alpha value is -0.770. The van der Waals surface area contributed by atoms with Crippen molar-refractivity contribution in [3.05, 3.63) is 11.6 Å². The van der Waals surface area contributed by atoms with Crippen LogP contribution in [0.3, 0.4) is 0 Å². The van der Waals surface area contributed by atoms with Crippen LogP contribution in [0.1, 0.15) is 52.4 Å². The summed E-state index contributed by atoms with van der Waals surface area (Å²) in [4.78, 5) is 0. The van der Waals surface area contributed by atoms with Crippen LogP contribution < -0.4 is 0 Å². The zero-order chi connectivity index (χ0) is 9.23. The lowest BCUT2D eigenvalue weighted by Crippen LogP contribution is -1.63. The molecule has 68 valence electrons.